The van der Waals surface area contributed by atoms with E-state index in [0.29, 0.717) is 17.3 Å². The Morgan fingerprint density at radius 3 is 2.95 bits per heavy atom. The van der Waals surface area contributed by atoms with E-state index in [2.05, 4.69) is 20.3 Å². The van der Waals surface area contributed by atoms with Gasteiger partial charge >= 0.3 is 5.97 Å². The van der Waals surface area contributed by atoms with E-state index >= 15 is 0 Å². The highest BCUT2D eigenvalue weighted by molar-refractivity contribution is 5.87. The number of aromatic nitrogens is 3. The lowest BCUT2D eigenvalue weighted by Gasteiger charge is -2.05. The molecule has 7 heteroatoms. The van der Waals surface area contributed by atoms with E-state index in [-0.39, 0.29) is 17.7 Å². The van der Waals surface area contributed by atoms with Gasteiger partial charge in [0.25, 0.3) is 5.56 Å². The fourth-order valence-corrected chi connectivity index (χ4v) is 1.56. The average Bonchev–Trinajstić information content (AvgIpc) is 2.35. The van der Waals surface area contributed by atoms with Crippen molar-refractivity contribution < 1.29 is 9.90 Å². The minimum atomic E-state index is -1.01. The number of carboxylic acids is 1. The van der Waals surface area contributed by atoms with Gasteiger partial charge in [0.1, 0.15) is 11.6 Å². The molecule has 0 atom stereocenters. The fraction of sp³-hybridized carbons (Fsp3) is 0.167. The highest BCUT2D eigenvalue weighted by Gasteiger charge is 2.04. The van der Waals surface area contributed by atoms with Crippen LogP contribution in [0, 0.1) is 6.92 Å². The molecule has 0 aliphatic rings. The molecule has 7 nitrogen and oxygen atoms in total. The first-order valence-corrected chi connectivity index (χ1v) is 5.54. The van der Waals surface area contributed by atoms with E-state index in [9.17, 15) is 9.59 Å². The van der Waals surface area contributed by atoms with E-state index in [1.54, 1.807) is 6.92 Å². The number of nitrogens with one attached hydrogen (secondary N) is 2. The number of aromatic carboxylic acids is 1. The Morgan fingerprint density at radius 2 is 2.26 bits per heavy atom. The zero-order valence-electron chi connectivity index (χ0n) is 10.2. The Hall–Kier alpha value is -2.70. The second-order valence-corrected chi connectivity index (χ2v) is 3.91. The fourth-order valence-electron chi connectivity index (χ4n) is 1.56. The summed E-state index contributed by atoms with van der Waals surface area (Å²) in [5.74, 6) is -0.0835. The highest BCUT2D eigenvalue weighted by Crippen LogP contribution is 2.05. The molecule has 0 aliphatic heterocycles. The smallest absolute Gasteiger partial charge is 0.335 e. The lowest BCUT2D eigenvalue weighted by Crippen LogP contribution is -2.12. The number of carboxylic acid groups (broad SMARTS) is 1. The second kappa shape index (κ2) is 5.30. The molecular weight excluding hydrogens is 248 g/mol. The molecule has 0 amide bonds. The van der Waals surface area contributed by atoms with E-state index < -0.39 is 5.97 Å². The van der Waals surface area contributed by atoms with Crippen LogP contribution in [0.5, 0.6) is 0 Å². The van der Waals surface area contributed by atoms with Crippen LogP contribution in [-0.2, 0) is 6.54 Å². The van der Waals surface area contributed by atoms with Crippen LogP contribution in [0.1, 0.15) is 21.9 Å². The molecule has 0 aliphatic carbocycles. The van der Waals surface area contributed by atoms with Crippen LogP contribution < -0.4 is 10.9 Å². The van der Waals surface area contributed by atoms with E-state index in [4.69, 9.17) is 5.11 Å². The van der Waals surface area contributed by atoms with Crippen LogP contribution in [0.3, 0.4) is 0 Å². The van der Waals surface area contributed by atoms with E-state index in [0.717, 1.165) is 0 Å². The first-order chi connectivity index (χ1) is 9.04. The molecule has 2 heterocycles. The molecule has 0 spiro atoms. The monoisotopic (exact) mass is 260 g/mol. The maximum Gasteiger partial charge on any atom is 0.335 e. The minimum Gasteiger partial charge on any atom is -0.478 e. The zero-order chi connectivity index (χ0) is 13.8. The summed E-state index contributed by atoms with van der Waals surface area (Å²) in [4.78, 5) is 32.7. The van der Waals surface area contributed by atoms with Gasteiger partial charge in [0.2, 0.25) is 0 Å². The van der Waals surface area contributed by atoms with Crippen LogP contribution in [0.4, 0.5) is 5.82 Å². The average molecular weight is 260 g/mol. The maximum atomic E-state index is 11.2. The van der Waals surface area contributed by atoms with Gasteiger partial charge in [-0.05, 0) is 19.1 Å². The number of anilines is 1. The summed E-state index contributed by atoms with van der Waals surface area (Å²) < 4.78 is 0. The molecule has 0 saturated carbocycles. The quantitative estimate of drug-likeness (QED) is 0.749. The topological polar surface area (TPSA) is 108 Å². The van der Waals surface area contributed by atoms with Crippen molar-refractivity contribution in [1.82, 2.24) is 15.0 Å². The number of carbonyl (C=O) groups is 1. The summed E-state index contributed by atoms with van der Waals surface area (Å²) in [5.41, 5.74) is 0.476. The summed E-state index contributed by atoms with van der Waals surface area (Å²) in [6.07, 6.45) is 1.43. The lowest BCUT2D eigenvalue weighted by molar-refractivity contribution is 0.0696. The number of aryl methyl sites for hydroxylation is 1. The van der Waals surface area contributed by atoms with Crippen molar-refractivity contribution >= 4 is 11.8 Å². The van der Waals surface area contributed by atoms with Crippen molar-refractivity contribution in [2.75, 3.05) is 5.32 Å². The Balaban J connectivity index is 2.12. The molecule has 0 unspecified atom stereocenters. The first kappa shape index (κ1) is 12.7. The van der Waals surface area contributed by atoms with Gasteiger partial charge in [0.15, 0.2) is 0 Å². The van der Waals surface area contributed by atoms with Crippen molar-refractivity contribution in [3.05, 3.63) is 51.8 Å². The highest BCUT2D eigenvalue weighted by atomic mass is 16.4. The Kier molecular flexibility index (Phi) is 3.56. The van der Waals surface area contributed by atoms with E-state index in [1.807, 2.05) is 0 Å². The summed E-state index contributed by atoms with van der Waals surface area (Å²) in [7, 11) is 0. The normalized spacial score (nSPS) is 10.2. The number of pyridine rings is 1. The van der Waals surface area contributed by atoms with Gasteiger partial charge < -0.3 is 15.4 Å². The predicted octanol–water partition coefficient (Wildman–Crippen LogP) is 0.784. The van der Waals surface area contributed by atoms with Crippen LogP contribution in [0.2, 0.25) is 0 Å². The third kappa shape index (κ3) is 3.38. The SMILES string of the molecule is Cc1nc(NCc2cc(C(=O)O)ccn2)cc(=O)[nH]1. The third-order valence-electron chi connectivity index (χ3n) is 2.37. The third-order valence-corrected chi connectivity index (χ3v) is 2.37. The van der Waals surface area contributed by atoms with Gasteiger partial charge in [-0.1, -0.05) is 0 Å². The van der Waals surface area contributed by atoms with Crippen molar-refractivity contribution in [2.45, 2.75) is 13.5 Å². The van der Waals surface area contributed by atoms with Crippen molar-refractivity contribution in [1.29, 1.82) is 0 Å². The molecule has 2 rings (SSSR count). The number of nitrogens with zero attached hydrogens (tertiary/aromatic N) is 2. The van der Waals surface area contributed by atoms with Gasteiger partial charge in [0.05, 0.1) is 17.8 Å². The van der Waals surface area contributed by atoms with E-state index in [1.165, 1.54) is 24.4 Å². The van der Waals surface area contributed by atoms with Crippen molar-refractivity contribution in [3.8, 4) is 0 Å². The van der Waals surface area contributed by atoms with Crippen molar-refractivity contribution in [2.24, 2.45) is 0 Å². The van der Waals surface area contributed by atoms with Gasteiger partial charge in [-0.2, -0.15) is 0 Å². The molecule has 0 aromatic carbocycles. The Bertz CT molecular complexity index is 666. The largest absolute Gasteiger partial charge is 0.478 e. The first-order valence-electron chi connectivity index (χ1n) is 5.54. The molecule has 2 aromatic rings. The van der Waals surface area contributed by atoms with Crippen LogP contribution >= 0.6 is 0 Å². The van der Waals surface area contributed by atoms with Crippen LogP contribution in [0.15, 0.2) is 29.2 Å². The molecule has 3 N–H and O–H groups in total. The summed E-state index contributed by atoms with van der Waals surface area (Å²) in [6, 6.07) is 4.21. The number of H-pyrrole nitrogens is 1. The van der Waals surface area contributed by atoms with Gasteiger partial charge in [0, 0.05) is 12.3 Å². The molecule has 0 fully saturated rings. The van der Waals surface area contributed by atoms with Crippen LogP contribution in [-0.4, -0.2) is 26.0 Å². The summed E-state index contributed by atoms with van der Waals surface area (Å²) in [6.45, 7) is 1.97. The molecular formula is C12H12N4O3. The maximum absolute atomic E-state index is 11.2. The number of aromatic amines is 1. The molecule has 98 valence electrons. The summed E-state index contributed by atoms with van der Waals surface area (Å²) in [5, 5.41) is 11.8. The van der Waals surface area contributed by atoms with Crippen molar-refractivity contribution in [3.63, 3.8) is 0 Å². The van der Waals surface area contributed by atoms with Gasteiger partial charge in [-0.15, -0.1) is 0 Å². The summed E-state index contributed by atoms with van der Waals surface area (Å²) >= 11 is 0. The Labute approximate surface area is 108 Å². The van der Waals surface area contributed by atoms with Crippen LogP contribution in [0.25, 0.3) is 0 Å². The standard InChI is InChI=1S/C12H12N4O3/c1-7-15-10(5-11(17)16-7)14-6-9-4-8(12(18)19)2-3-13-9/h2-5H,6H2,1H3,(H,18,19)(H2,14,15,16,17). The molecule has 2 aromatic heterocycles. The zero-order valence-corrected chi connectivity index (χ0v) is 10.2. The Morgan fingerprint density at radius 1 is 1.47 bits per heavy atom. The molecule has 0 saturated heterocycles. The second-order valence-electron chi connectivity index (χ2n) is 3.91. The van der Waals surface area contributed by atoms with Gasteiger partial charge in [-0.25, -0.2) is 9.78 Å². The molecule has 0 radical (unpaired) electrons. The lowest BCUT2D eigenvalue weighted by atomic mass is 10.2. The molecule has 19 heavy (non-hydrogen) atoms. The predicted molar refractivity (Wildman–Crippen MR) is 68.1 cm³/mol. The number of hydrogen-bond acceptors (Lipinski definition) is 5. The minimum absolute atomic E-state index is 0.168. The van der Waals surface area contributed by atoms with Gasteiger partial charge in [-0.3, -0.25) is 9.78 Å². The number of hydrogen-bond donors (Lipinski definition) is 3. The number of rotatable bonds is 4. The molecule has 0 bridgehead atoms.